The molecule has 1 aromatic carbocycles. The van der Waals surface area contributed by atoms with E-state index >= 15 is 0 Å². The second-order valence-electron chi connectivity index (χ2n) is 5.09. The van der Waals surface area contributed by atoms with Crippen LogP contribution in [-0.4, -0.2) is 18.6 Å². The second-order valence-corrected chi connectivity index (χ2v) is 5.09. The fourth-order valence-corrected chi connectivity index (χ4v) is 1.48. The molecule has 0 spiro atoms. The van der Waals surface area contributed by atoms with E-state index in [-0.39, 0.29) is 12.0 Å². The van der Waals surface area contributed by atoms with Gasteiger partial charge in [-0.1, -0.05) is 13.8 Å². The van der Waals surface area contributed by atoms with E-state index in [4.69, 9.17) is 10.5 Å². The summed E-state index contributed by atoms with van der Waals surface area (Å²) in [7, 11) is 0. The zero-order valence-corrected chi connectivity index (χ0v) is 12.0. The summed E-state index contributed by atoms with van der Waals surface area (Å²) in [6, 6.07) is 7.13. The molecule has 19 heavy (non-hydrogen) atoms. The fraction of sp³-hybridized carbons (Fsp3) is 0.533. The number of hydrogen-bond acceptors (Lipinski definition) is 3. The molecule has 0 saturated heterocycles. The smallest absolute Gasteiger partial charge is 0.224 e. The highest BCUT2D eigenvalue weighted by molar-refractivity contribution is 5.90. The molecule has 0 aliphatic carbocycles. The summed E-state index contributed by atoms with van der Waals surface area (Å²) < 4.78 is 5.62. The molecule has 4 nitrogen and oxygen atoms in total. The minimum Gasteiger partial charge on any atom is -0.399 e. The van der Waals surface area contributed by atoms with Crippen LogP contribution in [-0.2, 0) is 9.53 Å². The van der Waals surface area contributed by atoms with Crippen LogP contribution < -0.4 is 11.1 Å². The molecule has 0 radical (unpaired) electrons. The van der Waals surface area contributed by atoms with Crippen LogP contribution in [0.3, 0.4) is 0 Å². The van der Waals surface area contributed by atoms with Gasteiger partial charge in [-0.05, 0) is 43.5 Å². The molecule has 0 aliphatic heterocycles. The number of benzene rings is 1. The number of nitrogens with two attached hydrogens (primary N) is 1. The normalized spacial score (nSPS) is 12.4. The van der Waals surface area contributed by atoms with Gasteiger partial charge in [0, 0.05) is 24.4 Å². The van der Waals surface area contributed by atoms with Crippen LogP contribution >= 0.6 is 0 Å². The molecule has 0 aromatic heterocycles. The number of ether oxygens (including phenoxy) is 1. The van der Waals surface area contributed by atoms with Gasteiger partial charge in [0.2, 0.25) is 5.91 Å². The zero-order chi connectivity index (χ0) is 14.3. The Morgan fingerprint density at radius 1 is 1.26 bits per heavy atom. The van der Waals surface area contributed by atoms with Crippen LogP contribution in [0.15, 0.2) is 24.3 Å². The second kappa shape index (κ2) is 7.79. The average Bonchev–Trinajstić information content (AvgIpc) is 2.37. The van der Waals surface area contributed by atoms with Gasteiger partial charge < -0.3 is 15.8 Å². The molecule has 0 saturated carbocycles. The molecular formula is C15H24N2O2. The van der Waals surface area contributed by atoms with Crippen LogP contribution in [0, 0.1) is 5.92 Å². The van der Waals surface area contributed by atoms with Crippen molar-refractivity contribution in [2.75, 3.05) is 17.7 Å². The quantitative estimate of drug-likeness (QED) is 0.587. The number of nitrogens with one attached hydrogen (secondary N) is 1. The minimum absolute atomic E-state index is 0.00516. The van der Waals surface area contributed by atoms with Crippen molar-refractivity contribution in [3.8, 4) is 0 Å². The largest absolute Gasteiger partial charge is 0.399 e. The Kier molecular flexibility index (Phi) is 6.36. The molecule has 0 fully saturated rings. The molecule has 1 rings (SSSR count). The molecule has 4 heteroatoms. The lowest BCUT2D eigenvalue weighted by atomic mass is 10.1. The first kappa shape index (κ1) is 15.5. The van der Waals surface area contributed by atoms with Gasteiger partial charge in [0.05, 0.1) is 6.10 Å². The van der Waals surface area contributed by atoms with E-state index in [1.165, 1.54) is 0 Å². The summed E-state index contributed by atoms with van der Waals surface area (Å²) in [6.45, 7) is 6.92. The van der Waals surface area contributed by atoms with Crippen LogP contribution in [0.1, 0.15) is 33.6 Å². The molecular weight excluding hydrogens is 240 g/mol. The molecule has 0 heterocycles. The zero-order valence-electron chi connectivity index (χ0n) is 12.0. The van der Waals surface area contributed by atoms with Gasteiger partial charge in [-0.3, -0.25) is 4.79 Å². The molecule has 1 aromatic rings. The van der Waals surface area contributed by atoms with Crippen molar-refractivity contribution in [1.29, 1.82) is 0 Å². The van der Waals surface area contributed by atoms with Crippen molar-refractivity contribution in [3.05, 3.63) is 24.3 Å². The highest BCUT2D eigenvalue weighted by Crippen LogP contribution is 2.11. The topological polar surface area (TPSA) is 64.3 Å². The number of carbonyl (C=O) groups excluding carboxylic acids is 1. The molecule has 106 valence electrons. The molecule has 0 bridgehead atoms. The third-order valence-corrected chi connectivity index (χ3v) is 3.06. The number of amides is 1. The fourth-order valence-electron chi connectivity index (χ4n) is 1.48. The van der Waals surface area contributed by atoms with Gasteiger partial charge in [0.25, 0.3) is 0 Å². The summed E-state index contributed by atoms with van der Waals surface area (Å²) in [5, 5.41) is 2.83. The number of hydrogen-bond donors (Lipinski definition) is 2. The van der Waals surface area contributed by atoms with Gasteiger partial charge in [-0.25, -0.2) is 0 Å². The maximum atomic E-state index is 11.7. The Labute approximate surface area is 115 Å². The number of anilines is 2. The van der Waals surface area contributed by atoms with E-state index in [1.54, 1.807) is 24.3 Å². The Morgan fingerprint density at radius 3 is 2.47 bits per heavy atom. The molecule has 0 aliphatic rings. The molecule has 1 atom stereocenters. The first-order valence-corrected chi connectivity index (χ1v) is 6.76. The summed E-state index contributed by atoms with van der Waals surface area (Å²) in [4.78, 5) is 11.7. The summed E-state index contributed by atoms with van der Waals surface area (Å²) in [5.74, 6) is 0.508. The Bertz CT molecular complexity index is 388. The van der Waals surface area contributed by atoms with Gasteiger partial charge in [0.15, 0.2) is 0 Å². The van der Waals surface area contributed by atoms with Crippen LogP contribution in [0.4, 0.5) is 11.4 Å². The number of rotatable bonds is 7. The maximum absolute atomic E-state index is 11.7. The lowest BCUT2D eigenvalue weighted by Crippen LogP contribution is -2.17. The van der Waals surface area contributed by atoms with Crippen LogP contribution in [0.25, 0.3) is 0 Å². The summed E-state index contributed by atoms with van der Waals surface area (Å²) >= 11 is 0. The van der Waals surface area contributed by atoms with Crippen molar-refractivity contribution in [2.45, 2.75) is 39.7 Å². The molecule has 1 unspecified atom stereocenters. The number of nitrogen functional groups attached to an aromatic ring is 1. The van der Waals surface area contributed by atoms with Crippen LogP contribution in [0.2, 0.25) is 0 Å². The van der Waals surface area contributed by atoms with Gasteiger partial charge >= 0.3 is 0 Å². The third-order valence-electron chi connectivity index (χ3n) is 3.06. The lowest BCUT2D eigenvalue weighted by Gasteiger charge is -2.16. The van der Waals surface area contributed by atoms with E-state index in [1.807, 2.05) is 0 Å². The van der Waals surface area contributed by atoms with Gasteiger partial charge in [0.1, 0.15) is 0 Å². The Hall–Kier alpha value is -1.55. The lowest BCUT2D eigenvalue weighted by molar-refractivity contribution is -0.116. The third kappa shape index (κ3) is 6.25. The monoisotopic (exact) mass is 264 g/mol. The van der Waals surface area contributed by atoms with Gasteiger partial charge in [-0.2, -0.15) is 0 Å². The summed E-state index contributed by atoms with van der Waals surface area (Å²) in [5.41, 5.74) is 7.04. The van der Waals surface area contributed by atoms with E-state index in [2.05, 4.69) is 26.1 Å². The van der Waals surface area contributed by atoms with Gasteiger partial charge in [-0.15, -0.1) is 0 Å². The van der Waals surface area contributed by atoms with Crippen molar-refractivity contribution < 1.29 is 9.53 Å². The summed E-state index contributed by atoms with van der Waals surface area (Å²) in [6.07, 6.45) is 1.44. The molecule has 1 amide bonds. The first-order chi connectivity index (χ1) is 8.99. The molecule has 3 N–H and O–H groups in total. The maximum Gasteiger partial charge on any atom is 0.224 e. The van der Waals surface area contributed by atoms with Crippen LogP contribution in [0.5, 0.6) is 0 Å². The van der Waals surface area contributed by atoms with E-state index < -0.39 is 0 Å². The van der Waals surface area contributed by atoms with Crippen molar-refractivity contribution in [1.82, 2.24) is 0 Å². The highest BCUT2D eigenvalue weighted by atomic mass is 16.5. The average molecular weight is 264 g/mol. The standard InChI is InChI=1S/C15H24N2O2/c1-11(2)12(3)19-10-4-5-15(18)17-14-8-6-13(16)7-9-14/h6-9,11-12H,4-5,10,16H2,1-3H3,(H,17,18). The van der Waals surface area contributed by atoms with Crippen molar-refractivity contribution >= 4 is 17.3 Å². The van der Waals surface area contributed by atoms with E-state index in [0.29, 0.717) is 24.6 Å². The number of carbonyl (C=O) groups is 1. The van der Waals surface area contributed by atoms with E-state index in [0.717, 1.165) is 12.1 Å². The predicted molar refractivity (Wildman–Crippen MR) is 79.0 cm³/mol. The van der Waals surface area contributed by atoms with Crippen molar-refractivity contribution in [3.63, 3.8) is 0 Å². The van der Waals surface area contributed by atoms with E-state index in [9.17, 15) is 4.79 Å². The minimum atomic E-state index is 0.00516. The SMILES string of the molecule is CC(C)C(C)OCCCC(=O)Nc1ccc(N)cc1. The van der Waals surface area contributed by atoms with Crippen molar-refractivity contribution in [2.24, 2.45) is 5.92 Å². The first-order valence-electron chi connectivity index (χ1n) is 6.76. The Balaban J connectivity index is 2.20. The predicted octanol–water partition coefficient (Wildman–Crippen LogP) is 3.05. The Morgan fingerprint density at radius 2 is 1.89 bits per heavy atom. The highest BCUT2D eigenvalue weighted by Gasteiger charge is 2.07.